The van der Waals surface area contributed by atoms with Gasteiger partial charge in [0.15, 0.2) is 6.61 Å². The lowest BCUT2D eigenvalue weighted by atomic mass is 10.1. The molecule has 5 heteroatoms. The molecule has 0 saturated heterocycles. The van der Waals surface area contributed by atoms with E-state index in [1.165, 1.54) is 0 Å². The Kier molecular flexibility index (Phi) is 5.96. The summed E-state index contributed by atoms with van der Waals surface area (Å²) in [5.74, 6) is 0.876. The van der Waals surface area contributed by atoms with Crippen molar-refractivity contribution in [3.63, 3.8) is 0 Å². The van der Waals surface area contributed by atoms with Crippen LogP contribution in [0.15, 0.2) is 22.7 Å². The Morgan fingerprint density at radius 1 is 1.44 bits per heavy atom. The molecule has 1 rings (SSSR count). The van der Waals surface area contributed by atoms with Crippen LogP contribution in [0.3, 0.4) is 0 Å². The Bertz CT molecular complexity index is 423. The van der Waals surface area contributed by atoms with E-state index in [1.54, 1.807) is 18.2 Å². The Balaban J connectivity index is 2.47. The van der Waals surface area contributed by atoms with Crippen molar-refractivity contribution >= 4 is 33.4 Å². The van der Waals surface area contributed by atoms with Crippen molar-refractivity contribution in [1.29, 1.82) is 0 Å². The van der Waals surface area contributed by atoms with Gasteiger partial charge in [-0.15, -0.1) is 0 Å². The standard InChI is InChI=1S/C13H17BrClNO2/c1-8(2)9(3)16-13(17)7-18-12-5-4-10(15)6-11(12)14/h4-6,8-9H,7H2,1-3H3,(H,16,17)/t9-/m0/s1. The number of benzene rings is 1. The number of hydrogen-bond donors (Lipinski definition) is 1. The lowest BCUT2D eigenvalue weighted by Crippen LogP contribution is -2.38. The third-order valence-electron chi connectivity index (χ3n) is 2.64. The maximum atomic E-state index is 11.6. The van der Waals surface area contributed by atoms with Crippen LogP contribution in [0.4, 0.5) is 0 Å². The molecule has 1 atom stereocenters. The quantitative estimate of drug-likeness (QED) is 0.893. The molecule has 0 heterocycles. The highest BCUT2D eigenvalue weighted by Gasteiger charge is 2.11. The van der Waals surface area contributed by atoms with E-state index in [9.17, 15) is 4.79 Å². The van der Waals surface area contributed by atoms with E-state index < -0.39 is 0 Å². The molecule has 0 bridgehead atoms. The molecule has 0 aromatic heterocycles. The first-order valence-corrected chi connectivity index (χ1v) is 6.94. The van der Waals surface area contributed by atoms with Gasteiger partial charge in [-0.05, 0) is 47.0 Å². The molecule has 0 aliphatic rings. The highest BCUT2D eigenvalue weighted by atomic mass is 79.9. The number of amides is 1. The van der Waals surface area contributed by atoms with Gasteiger partial charge in [0.25, 0.3) is 5.91 Å². The second-order valence-corrected chi connectivity index (χ2v) is 5.75. The smallest absolute Gasteiger partial charge is 0.258 e. The van der Waals surface area contributed by atoms with Crippen LogP contribution in [0.2, 0.25) is 5.02 Å². The van der Waals surface area contributed by atoms with Crippen molar-refractivity contribution in [1.82, 2.24) is 5.32 Å². The summed E-state index contributed by atoms with van der Waals surface area (Å²) in [5, 5.41) is 3.49. The van der Waals surface area contributed by atoms with E-state index in [0.29, 0.717) is 16.7 Å². The molecule has 0 fully saturated rings. The SMILES string of the molecule is CC(C)[C@H](C)NC(=O)COc1ccc(Cl)cc1Br. The largest absolute Gasteiger partial charge is 0.483 e. The lowest BCUT2D eigenvalue weighted by Gasteiger charge is -2.17. The van der Waals surface area contributed by atoms with Crippen molar-refractivity contribution in [3.8, 4) is 5.75 Å². The van der Waals surface area contributed by atoms with Crippen LogP contribution in [0.5, 0.6) is 5.75 Å². The number of ether oxygens (including phenoxy) is 1. The zero-order valence-corrected chi connectivity index (χ0v) is 13.0. The van der Waals surface area contributed by atoms with Crippen LogP contribution in [-0.4, -0.2) is 18.6 Å². The molecule has 1 amide bonds. The summed E-state index contributed by atoms with van der Waals surface area (Å²) in [7, 11) is 0. The molecular weight excluding hydrogens is 318 g/mol. The summed E-state index contributed by atoms with van der Waals surface area (Å²) < 4.78 is 6.15. The summed E-state index contributed by atoms with van der Waals surface area (Å²) in [6.45, 7) is 6.08. The Labute approximate surface area is 121 Å². The van der Waals surface area contributed by atoms with Gasteiger partial charge in [0, 0.05) is 11.1 Å². The minimum atomic E-state index is -0.127. The van der Waals surface area contributed by atoms with E-state index in [2.05, 4.69) is 35.1 Å². The zero-order valence-electron chi connectivity index (χ0n) is 10.7. The first kappa shape index (κ1) is 15.3. The van der Waals surface area contributed by atoms with Crippen molar-refractivity contribution in [2.45, 2.75) is 26.8 Å². The summed E-state index contributed by atoms with van der Waals surface area (Å²) in [6.07, 6.45) is 0. The molecular formula is C13H17BrClNO2. The van der Waals surface area contributed by atoms with Gasteiger partial charge >= 0.3 is 0 Å². The Morgan fingerprint density at radius 3 is 2.67 bits per heavy atom. The maximum Gasteiger partial charge on any atom is 0.258 e. The van der Waals surface area contributed by atoms with Gasteiger partial charge in [-0.3, -0.25) is 4.79 Å². The molecule has 100 valence electrons. The van der Waals surface area contributed by atoms with E-state index >= 15 is 0 Å². The average molecular weight is 335 g/mol. The van der Waals surface area contributed by atoms with Gasteiger partial charge in [0.2, 0.25) is 0 Å². The van der Waals surface area contributed by atoms with Gasteiger partial charge in [0.05, 0.1) is 4.47 Å². The van der Waals surface area contributed by atoms with Crippen LogP contribution in [-0.2, 0) is 4.79 Å². The molecule has 0 spiro atoms. The fourth-order valence-electron chi connectivity index (χ4n) is 1.20. The number of nitrogens with one attached hydrogen (secondary N) is 1. The van der Waals surface area contributed by atoms with Crippen molar-refractivity contribution in [3.05, 3.63) is 27.7 Å². The predicted molar refractivity (Wildman–Crippen MR) is 77.1 cm³/mol. The molecule has 0 saturated carbocycles. The first-order valence-electron chi connectivity index (χ1n) is 5.77. The summed E-state index contributed by atoms with van der Waals surface area (Å²) in [5.41, 5.74) is 0. The van der Waals surface area contributed by atoms with Gasteiger partial charge in [0.1, 0.15) is 5.75 Å². The van der Waals surface area contributed by atoms with Crippen molar-refractivity contribution in [2.75, 3.05) is 6.61 Å². The minimum Gasteiger partial charge on any atom is -0.483 e. The van der Waals surface area contributed by atoms with Crippen LogP contribution >= 0.6 is 27.5 Å². The van der Waals surface area contributed by atoms with Gasteiger partial charge in [-0.25, -0.2) is 0 Å². The minimum absolute atomic E-state index is 0.00269. The second-order valence-electron chi connectivity index (χ2n) is 4.46. The number of hydrogen-bond acceptors (Lipinski definition) is 2. The third kappa shape index (κ3) is 4.86. The summed E-state index contributed by atoms with van der Waals surface area (Å²) in [4.78, 5) is 11.6. The predicted octanol–water partition coefficient (Wildman–Crippen LogP) is 3.64. The maximum absolute atomic E-state index is 11.6. The highest BCUT2D eigenvalue weighted by Crippen LogP contribution is 2.27. The molecule has 0 unspecified atom stereocenters. The lowest BCUT2D eigenvalue weighted by molar-refractivity contribution is -0.124. The van der Waals surface area contributed by atoms with Crippen molar-refractivity contribution < 1.29 is 9.53 Å². The summed E-state index contributed by atoms with van der Waals surface area (Å²) in [6, 6.07) is 5.31. The van der Waals surface area contributed by atoms with E-state index in [1.807, 2.05) is 6.92 Å². The van der Waals surface area contributed by atoms with Crippen LogP contribution < -0.4 is 10.1 Å². The van der Waals surface area contributed by atoms with Crippen LogP contribution in [0, 0.1) is 5.92 Å². The molecule has 0 aliphatic heterocycles. The van der Waals surface area contributed by atoms with Gasteiger partial charge in [-0.2, -0.15) is 0 Å². The van der Waals surface area contributed by atoms with Gasteiger partial charge in [-0.1, -0.05) is 25.4 Å². The Morgan fingerprint density at radius 2 is 2.11 bits per heavy atom. The first-order chi connectivity index (χ1) is 8.40. The second kappa shape index (κ2) is 7.00. The zero-order chi connectivity index (χ0) is 13.7. The third-order valence-corrected chi connectivity index (χ3v) is 3.50. The van der Waals surface area contributed by atoms with E-state index in [4.69, 9.17) is 16.3 Å². The number of carbonyl (C=O) groups excluding carboxylic acids is 1. The molecule has 0 radical (unpaired) electrons. The average Bonchev–Trinajstić information content (AvgIpc) is 2.27. The van der Waals surface area contributed by atoms with E-state index in [0.717, 1.165) is 4.47 Å². The monoisotopic (exact) mass is 333 g/mol. The summed E-state index contributed by atoms with van der Waals surface area (Å²) >= 11 is 9.15. The number of carbonyl (C=O) groups is 1. The molecule has 3 nitrogen and oxygen atoms in total. The fourth-order valence-corrected chi connectivity index (χ4v) is 1.99. The number of rotatable bonds is 5. The van der Waals surface area contributed by atoms with Gasteiger partial charge < -0.3 is 10.1 Å². The fraction of sp³-hybridized carbons (Fsp3) is 0.462. The molecule has 1 aromatic carbocycles. The number of halogens is 2. The van der Waals surface area contributed by atoms with Crippen LogP contribution in [0.1, 0.15) is 20.8 Å². The van der Waals surface area contributed by atoms with Crippen molar-refractivity contribution in [2.24, 2.45) is 5.92 Å². The normalized spacial score (nSPS) is 12.3. The van der Waals surface area contributed by atoms with E-state index in [-0.39, 0.29) is 18.6 Å². The molecule has 1 aromatic rings. The molecule has 1 N–H and O–H groups in total. The highest BCUT2D eigenvalue weighted by molar-refractivity contribution is 9.10. The molecule has 18 heavy (non-hydrogen) atoms. The van der Waals surface area contributed by atoms with Crippen LogP contribution in [0.25, 0.3) is 0 Å². The Hall–Kier alpha value is -0.740. The topological polar surface area (TPSA) is 38.3 Å². The molecule has 0 aliphatic carbocycles.